The fourth-order valence-corrected chi connectivity index (χ4v) is 2.00. The lowest BCUT2D eigenvalue weighted by atomic mass is 9.98. The molecule has 7 heteroatoms. The van der Waals surface area contributed by atoms with E-state index in [4.69, 9.17) is 5.84 Å². The molecule has 0 saturated carbocycles. The Morgan fingerprint density at radius 1 is 1.53 bits per heavy atom. The topological polar surface area (TPSA) is 105 Å². The molecule has 0 bridgehead atoms. The number of hydrazine groups is 1. The normalized spacial score (nSPS) is 23.5. The lowest BCUT2D eigenvalue weighted by molar-refractivity contribution is -0.144. The zero-order valence-corrected chi connectivity index (χ0v) is 10.2. The molecule has 1 aliphatic heterocycles. The van der Waals surface area contributed by atoms with Crippen LogP contribution in [0.4, 0.5) is 0 Å². The van der Waals surface area contributed by atoms with Crippen molar-refractivity contribution in [2.24, 2.45) is 11.8 Å². The summed E-state index contributed by atoms with van der Waals surface area (Å²) in [6.07, 6.45) is 0. The molecule has 3 amide bonds. The number of nitrogens with zero attached hydrogens (tertiary/aromatic N) is 1. The number of piperazine rings is 1. The first kappa shape index (κ1) is 13.6. The molecule has 1 fully saturated rings. The van der Waals surface area contributed by atoms with E-state index in [-0.39, 0.29) is 12.5 Å². The number of carbonyl (C=O) groups is 3. The van der Waals surface area contributed by atoms with Gasteiger partial charge in [-0.3, -0.25) is 30.0 Å². The first-order valence-electron chi connectivity index (χ1n) is 5.48. The number of nitrogens with two attached hydrogens (primary N) is 1. The van der Waals surface area contributed by atoms with Gasteiger partial charge in [0.1, 0.15) is 0 Å². The van der Waals surface area contributed by atoms with E-state index in [0.717, 1.165) is 0 Å². The average molecular weight is 242 g/mol. The van der Waals surface area contributed by atoms with Crippen molar-refractivity contribution in [1.82, 2.24) is 15.6 Å². The number of rotatable bonds is 3. The van der Waals surface area contributed by atoms with E-state index in [9.17, 15) is 14.4 Å². The van der Waals surface area contributed by atoms with Crippen LogP contribution in [0.1, 0.15) is 20.8 Å². The number of carbonyl (C=O) groups excluding carboxylic acids is 3. The van der Waals surface area contributed by atoms with Gasteiger partial charge in [-0.15, -0.1) is 0 Å². The summed E-state index contributed by atoms with van der Waals surface area (Å²) in [5, 5.41) is 2.23. The van der Waals surface area contributed by atoms with Crippen molar-refractivity contribution in [2.45, 2.75) is 32.9 Å². The molecule has 17 heavy (non-hydrogen) atoms. The van der Waals surface area contributed by atoms with Crippen molar-refractivity contribution in [3.8, 4) is 0 Å². The van der Waals surface area contributed by atoms with Crippen LogP contribution >= 0.6 is 0 Å². The van der Waals surface area contributed by atoms with E-state index in [1.54, 1.807) is 11.8 Å². The lowest BCUT2D eigenvalue weighted by Crippen LogP contribution is -2.64. The largest absolute Gasteiger partial charge is 0.294 e. The molecular weight excluding hydrogens is 224 g/mol. The highest BCUT2D eigenvalue weighted by molar-refractivity contribution is 6.01. The van der Waals surface area contributed by atoms with Gasteiger partial charge in [0, 0.05) is 0 Å². The molecule has 0 spiro atoms. The molecule has 96 valence electrons. The summed E-state index contributed by atoms with van der Waals surface area (Å²) in [5.41, 5.74) is 2.07. The molecule has 1 aliphatic rings. The van der Waals surface area contributed by atoms with Gasteiger partial charge in [0.2, 0.25) is 11.8 Å². The molecule has 0 aromatic carbocycles. The summed E-state index contributed by atoms with van der Waals surface area (Å²) in [5.74, 6) is 3.88. The second-order valence-corrected chi connectivity index (χ2v) is 4.46. The van der Waals surface area contributed by atoms with Crippen LogP contribution in [0.2, 0.25) is 0 Å². The summed E-state index contributed by atoms with van der Waals surface area (Å²) in [6.45, 7) is 5.34. The maximum Gasteiger partial charge on any atom is 0.251 e. The van der Waals surface area contributed by atoms with E-state index in [0.29, 0.717) is 0 Å². The van der Waals surface area contributed by atoms with Crippen molar-refractivity contribution in [1.29, 1.82) is 0 Å². The fraction of sp³-hybridized carbons (Fsp3) is 0.700. The van der Waals surface area contributed by atoms with Gasteiger partial charge < -0.3 is 0 Å². The molecule has 0 radical (unpaired) electrons. The van der Waals surface area contributed by atoms with Gasteiger partial charge in [0.25, 0.3) is 5.91 Å². The van der Waals surface area contributed by atoms with Gasteiger partial charge in [-0.25, -0.2) is 5.84 Å². The Morgan fingerprint density at radius 3 is 2.59 bits per heavy atom. The number of hydrogen-bond donors (Lipinski definition) is 3. The van der Waals surface area contributed by atoms with Gasteiger partial charge in [0.15, 0.2) is 0 Å². The van der Waals surface area contributed by atoms with Crippen molar-refractivity contribution < 1.29 is 14.4 Å². The molecule has 2 unspecified atom stereocenters. The predicted octanol–water partition coefficient (Wildman–Crippen LogP) is -1.65. The Labute approximate surface area is 99.7 Å². The Kier molecular flexibility index (Phi) is 4.19. The molecule has 4 N–H and O–H groups in total. The number of nitrogens with one attached hydrogen (secondary N) is 2. The third kappa shape index (κ3) is 2.80. The monoisotopic (exact) mass is 242 g/mol. The average Bonchev–Trinajstić information content (AvgIpc) is 2.24. The molecule has 0 aromatic rings. The molecule has 1 saturated heterocycles. The van der Waals surface area contributed by atoms with Crippen LogP contribution in [-0.2, 0) is 14.4 Å². The molecule has 0 aromatic heterocycles. The Hall–Kier alpha value is -1.47. The van der Waals surface area contributed by atoms with Crippen molar-refractivity contribution in [3.05, 3.63) is 0 Å². The SMILES string of the molecule is CC(C)C(C(=O)NN)N1CC(=O)NC(=O)C1C. The zero-order valence-electron chi connectivity index (χ0n) is 10.2. The minimum absolute atomic E-state index is 0.0170. The summed E-state index contributed by atoms with van der Waals surface area (Å²) in [4.78, 5) is 36.1. The van der Waals surface area contributed by atoms with Crippen molar-refractivity contribution in [2.75, 3.05) is 6.54 Å². The third-order valence-electron chi connectivity index (χ3n) is 2.87. The fourth-order valence-electron chi connectivity index (χ4n) is 2.00. The minimum atomic E-state index is -0.593. The molecule has 2 atom stereocenters. The van der Waals surface area contributed by atoms with Crippen LogP contribution in [0.25, 0.3) is 0 Å². The second-order valence-electron chi connectivity index (χ2n) is 4.46. The summed E-state index contributed by atoms with van der Waals surface area (Å²) >= 11 is 0. The number of amides is 3. The highest BCUT2D eigenvalue weighted by Gasteiger charge is 2.39. The van der Waals surface area contributed by atoms with Gasteiger partial charge in [0.05, 0.1) is 18.6 Å². The first-order valence-corrected chi connectivity index (χ1v) is 5.48. The maximum absolute atomic E-state index is 11.7. The van der Waals surface area contributed by atoms with Crippen LogP contribution in [0.15, 0.2) is 0 Å². The number of imide groups is 1. The van der Waals surface area contributed by atoms with E-state index < -0.39 is 29.8 Å². The Bertz CT molecular complexity index is 342. The first-order chi connectivity index (χ1) is 7.88. The van der Waals surface area contributed by atoms with Crippen LogP contribution < -0.4 is 16.6 Å². The highest BCUT2D eigenvalue weighted by atomic mass is 16.2. The molecular formula is C10H18N4O3. The predicted molar refractivity (Wildman–Crippen MR) is 60.3 cm³/mol. The molecule has 0 aliphatic carbocycles. The van der Waals surface area contributed by atoms with Gasteiger partial charge in [-0.1, -0.05) is 13.8 Å². The van der Waals surface area contributed by atoms with Crippen LogP contribution in [0.3, 0.4) is 0 Å². The van der Waals surface area contributed by atoms with Gasteiger partial charge in [-0.05, 0) is 12.8 Å². The van der Waals surface area contributed by atoms with E-state index in [2.05, 4.69) is 10.7 Å². The smallest absolute Gasteiger partial charge is 0.251 e. The standard InChI is InChI=1S/C10H18N4O3/c1-5(2)8(10(17)13-11)14-4-7(15)12-9(16)6(14)3/h5-6,8H,4,11H2,1-3H3,(H,13,17)(H,12,15,16). The quantitative estimate of drug-likeness (QED) is 0.238. The van der Waals surface area contributed by atoms with E-state index in [1.165, 1.54) is 0 Å². The van der Waals surface area contributed by atoms with E-state index in [1.807, 2.05) is 13.8 Å². The van der Waals surface area contributed by atoms with Gasteiger partial charge >= 0.3 is 0 Å². The molecule has 1 rings (SSSR count). The van der Waals surface area contributed by atoms with Crippen molar-refractivity contribution in [3.63, 3.8) is 0 Å². The summed E-state index contributed by atoms with van der Waals surface area (Å²) in [6, 6.07) is -1.12. The third-order valence-corrected chi connectivity index (χ3v) is 2.87. The Morgan fingerprint density at radius 2 is 2.12 bits per heavy atom. The highest BCUT2D eigenvalue weighted by Crippen LogP contribution is 2.16. The summed E-state index contributed by atoms with van der Waals surface area (Å²) in [7, 11) is 0. The Balaban J connectivity index is 2.96. The van der Waals surface area contributed by atoms with Crippen LogP contribution in [0, 0.1) is 5.92 Å². The van der Waals surface area contributed by atoms with Gasteiger partial charge in [-0.2, -0.15) is 0 Å². The zero-order chi connectivity index (χ0) is 13.2. The summed E-state index contributed by atoms with van der Waals surface area (Å²) < 4.78 is 0. The lowest BCUT2D eigenvalue weighted by Gasteiger charge is -2.38. The van der Waals surface area contributed by atoms with Crippen molar-refractivity contribution >= 4 is 17.7 Å². The minimum Gasteiger partial charge on any atom is -0.294 e. The molecule has 7 nitrogen and oxygen atoms in total. The van der Waals surface area contributed by atoms with Crippen LogP contribution in [0.5, 0.6) is 0 Å². The van der Waals surface area contributed by atoms with Crippen LogP contribution in [-0.4, -0.2) is 41.2 Å². The maximum atomic E-state index is 11.7. The number of hydrogen-bond acceptors (Lipinski definition) is 5. The molecule has 1 heterocycles. The second kappa shape index (κ2) is 5.24. The van der Waals surface area contributed by atoms with E-state index >= 15 is 0 Å².